The van der Waals surface area contributed by atoms with Crippen molar-refractivity contribution < 1.29 is 14.4 Å². The number of imide groups is 2. The van der Waals surface area contributed by atoms with Crippen LogP contribution in [0.3, 0.4) is 0 Å². The molecule has 0 bridgehead atoms. The Bertz CT molecular complexity index is 662. The number of carbonyl (C=O) groups excluding carboxylic acids is 3. The molecule has 5 heteroatoms. The lowest BCUT2D eigenvalue weighted by Crippen LogP contribution is -2.42. The van der Waals surface area contributed by atoms with Crippen molar-refractivity contribution in [2.24, 2.45) is 0 Å². The number of rotatable bonds is 3. The summed E-state index contributed by atoms with van der Waals surface area (Å²) in [6.07, 6.45) is 4.76. The van der Waals surface area contributed by atoms with Crippen LogP contribution in [0.4, 0.5) is 4.79 Å². The third-order valence-electron chi connectivity index (χ3n) is 4.86. The Balaban J connectivity index is 1.83. The van der Waals surface area contributed by atoms with Crippen LogP contribution >= 0.6 is 0 Å². The molecule has 0 N–H and O–H groups in total. The van der Waals surface area contributed by atoms with Gasteiger partial charge in [0.05, 0.1) is 6.54 Å². The van der Waals surface area contributed by atoms with Crippen LogP contribution in [0.2, 0.25) is 0 Å². The number of carbonyl (C=O) groups is 3. The predicted molar refractivity (Wildman–Crippen MR) is 85.6 cm³/mol. The highest BCUT2D eigenvalue weighted by molar-refractivity contribution is 6.44. The highest BCUT2D eigenvalue weighted by Gasteiger charge is 2.47. The Hall–Kier alpha value is -2.17. The fourth-order valence-corrected chi connectivity index (χ4v) is 3.46. The van der Waals surface area contributed by atoms with Crippen LogP contribution in [-0.2, 0) is 16.1 Å². The van der Waals surface area contributed by atoms with Gasteiger partial charge in [0, 0.05) is 6.04 Å². The van der Waals surface area contributed by atoms with E-state index in [9.17, 15) is 14.4 Å². The molecule has 1 heterocycles. The molecule has 1 saturated heterocycles. The summed E-state index contributed by atoms with van der Waals surface area (Å²) in [5, 5.41) is 0. The Morgan fingerprint density at radius 1 is 1.00 bits per heavy atom. The van der Waals surface area contributed by atoms with Gasteiger partial charge in [-0.15, -0.1) is 0 Å². The summed E-state index contributed by atoms with van der Waals surface area (Å²) in [6, 6.07) is 5.36. The Morgan fingerprint density at radius 3 is 2.39 bits per heavy atom. The van der Waals surface area contributed by atoms with Gasteiger partial charge in [-0.25, -0.2) is 4.79 Å². The predicted octanol–water partition coefficient (Wildman–Crippen LogP) is 2.93. The van der Waals surface area contributed by atoms with Gasteiger partial charge in [-0.2, -0.15) is 0 Å². The molecule has 1 aromatic carbocycles. The van der Waals surface area contributed by atoms with Crippen molar-refractivity contribution in [3.63, 3.8) is 0 Å². The Kier molecular flexibility index (Phi) is 4.20. The van der Waals surface area contributed by atoms with Crippen LogP contribution < -0.4 is 0 Å². The molecule has 122 valence electrons. The van der Waals surface area contributed by atoms with Crippen LogP contribution in [0.1, 0.15) is 48.8 Å². The molecule has 0 spiro atoms. The fraction of sp³-hybridized carbons (Fsp3) is 0.500. The average Bonchev–Trinajstić information content (AvgIpc) is 2.75. The maximum absolute atomic E-state index is 12.6. The lowest BCUT2D eigenvalue weighted by molar-refractivity contribution is -0.144. The molecule has 1 aliphatic carbocycles. The van der Waals surface area contributed by atoms with Crippen molar-refractivity contribution in [1.82, 2.24) is 9.80 Å². The van der Waals surface area contributed by atoms with E-state index >= 15 is 0 Å². The van der Waals surface area contributed by atoms with Crippen LogP contribution in [0.5, 0.6) is 0 Å². The average molecular weight is 314 g/mol. The topological polar surface area (TPSA) is 57.7 Å². The zero-order chi connectivity index (χ0) is 16.6. The number of hydrogen-bond donors (Lipinski definition) is 0. The number of nitrogens with zero attached hydrogens (tertiary/aromatic N) is 2. The molecule has 4 amide bonds. The second-order valence-electron chi connectivity index (χ2n) is 6.57. The van der Waals surface area contributed by atoms with Crippen molar-refractivity contribution in [1.29, 1.82) is 0 Å². The molecule has 5 nitrogen and oxygen atoms in total. The molecule has 0 unspecified atom stereocenters. The third kappa shape index (κ3) is 2.87. The minimum Gasteiger partial charge on any atom is -0.263 e. The highest BCUT2D eigenvalue weighted by atomic mass is 16.2. The third-order valence-corrected chi connectivity index (χ3v) is 4.86. The maximum Gasteiger partial charge on any atom is 0.334 e. The molecular weight excluding hydrogens is 292 g/mol. The van der Waals surface area contributed by atoms with E-state index in [4.69, 9.17) is 0 Å². The number of urea groups is 1. The molecular formula is C18H22N2O3. The van der Waals surface area contributed by atoms with Crippen LogP contribution in [0.15, 0.2) is 18.2 Å². The van der Waals surface area contributed by atoms with E-state index in [1.54, 1.807) is 0 Å². The monoisotopic (exact) mass is 314 g/mol. The summed E-state index contributed by atoms with van der Waals surface area (Å²) in [5.74, 6) is -1.35. The van der Waals surface area contributed by atoms with Gasteiger partial charge in [-0.3, -0.25) is 19.4 Å². The molecule has 0 aromatic heterocycles. The summed E-state index contributed by atoms with van der Waals surface area (Å²) in [5.41, 5.74) is 2.99. The van der Waals surface area contributed by atoms with Crippen molar-refractivity contribution in [2.45, 2.75) is 58.5 Å². The van der Waals surface area contributed by atoms with Crippen LogP contribution in [0.25, 0.3) is 0 Å². The van der Waals surface area contributed by atoms with Gasteiger partial charge < -0.3 is 0 Å². The SMILES string of the molecule is Cc1ccc(C)c(CN2C(=O)C(=O)N(C3CCCCC3)C2=O)c1. The lowest BCUT2D eigenvalue weighted by atomic mass is 9.94. The van der Waals surface area contributed by atoms with Gasteiger partial charge in [0.1, 0.15) is 0 Å². The normalized spacial score (nSPS) is 19.8. The number of aryl methyl sites for hydroxylation is 2. The van der Waals surface area contributed by atoms with E-state index in [-0.39, 0.29) is 12.6 Å². The summed E-state index contributed by atoms with van der Waals surface area (Å²) in [6.45, 7) is 4.08. The minimum atomic E-state index is -0.693. The van der Waals surface area contributed by atoms with Crippen molar-refractivity contribution in [3.05, 3.63) is 34.9 Å². The molecule has 2 fully saturated rings. The molecule has 0 atom stereocenters. The van der Waals surface area contributed by atoms with Crippen LogP contribution in [0, 0.1) is 13.8 Å². The minimum absolute atomic E-state index is 0.115. The van der Waals surface area contributed by atoms with Gasteiger partial charge in [0.25, 0.3) is 0 Å². The molecule has 3 rings (SSSR count). The van der Waals surface area contributed by atoms with Crippen molar-refractivity contribution >= 4 is 17.8 Å². The Labute approximate surface area is 136 Å². The van der Waals surface area contributed by atoms with Gasteiger partial charge in [-0.1, -0.05) is 43.0 Å². The number of benzene rings is 1. The standard InChI is InChI=1S/C18H22N2O3/c1-12-8-9-13(2)14(10-12)11-19-16(21)17(22)20(18(19)23)15-6-4-3-5-7-15/h8-10,15H,3-7,11H2,1-2H3. The van der Waals surface area contributed by atoms with Crippen LogP contribution in [-0.4, -0.2) is 33.7 Å². The summed E-state index contributed by atoms with van der Waals surface area (Å²) in [7, 11) is 0. The second-order valence-corrected chi connectivity index (χ2v) is 6.57. The number of hydrogen-bond acceptors (Lipinski definition) is 3. The second kappa shape index (κ2) is 6.14. The quantitative estimate of drug-likeness (QED) is 0.636. The van der Waals surface area contributed by atoms with Crippen molar-refractivity contribution in [2.75, 3.05) is 0 Å². The smallest absolute Gasteiger partial charge is 0.263 e. The first-order chi connectivity index (χ1) is 11.0. The highest BCUT2D eigenvalue weighted by Crippen LogP contribution is 2.28. The summed E-state index contributed by atoms with van der Waals surface area (Å²) < 4.78 is 0. The first kappa shape index (κ1) is 15.7. The van der Waals surface area contributed by atoms with E-state index in [0.29, 0.717) is 0 Å². The molecule has 2 aliphatic rings. The molecule has 1 aromatic rings. The largest absolute Gasteiger partial charge is 0.334 e. The first-order valence-electron chi connectivity index (χ1n) is 8.24. The van der Waals surface area contributed by atoms with Gasteiger partial charge in [0.15, 0.2) is 0 Å². The fourth-order valence-electron chi connectivity index (χ4n) is 3.46. The number of amides is 4. The van der Waals surface area contributed by atoms with Gasteiger partial charge in [0.2, 0.25) is 0 Å². The molecule has 23 heavy (non-hydrogen) atoms. The zero-order valence-electron chi connectivity index (χ0n) is 13.7. The summed E-state index contributed by atoms with van der Waals surface area (Å²) in [4.78, 5) is 39.5. The van der Waals surface area contributed by atoms with E-state index in [2.05, 4.69) is 0 Å². The lowest BCUT2D eigenvalue weighted by Gasteiger charge is -2.28. The van der Waals surface area contributed by atoms with E-state index in [0.717, 1.165) is 53.7 Å². The van der Waals surface area contributed by atoms with E-state index < -0.39 is 17.8 Å². The summed E-state index contributed by atoms with van der Waals surface area (Å²) >= 11 is 0. The van der Waals surface area contributed by atoms with Crippen molar-refractivity contribution in [3.8, 4) is 0 Å². The zero-order valence-corrected chi connectivity index (χ0v) is 13.7. The van der Waals surface area contributed by atoms with E-state index in [1.807, 2.05) is 32.0 Å². The molecule has 0 radical (unpaired) electrons. The van der Waals surface area contributed by atoms with E-state index in [1.165, 1.54) is 4.90 Å². The Morgan fingerprint density at radius 2 is 1.70 bits per heavy atom. The molecule has 1 saturated carbocycles. The van der Waals surface area contributed by atoms with Gasteiger partial charge in [-0.05, 0) is 37.8 Å². The maximum atomic E-state index is 12.6. The first-order valence-corrected chi connectivity index (χ1v) is 8.24. The van der Waals surface area contributed by atoms with Gasteiger partial charge >= 0.3 is 17.8 Å². The molecule has 1 aliphatic heterocycles.